The lowest BCUT2D eigenvalue weighted by molar-refractivity contribution is -0.00730. The number of hydrogen-bond acceptors (Lipinski definition) is 7. The fraction of sp³-hybridized carbons (Fsp3) is 0.303. The molecule has 1 aromatic carbocycles. The lowest BCUT2D eigenvalue weighted by Gasteiger charge is -2.35. The van der Waals surface area contributed by atoms with E-state index >= 15 is 0 Å². The van der Waals surface area contributed by atoms with Gasteiger partial charge < -0.3 is 9.67 Å². The highest BCUT2D eigenvalue weighted by molar-refractivity contribution is 5.93. The van der Waals surface area contributed by atoms with Gasteiger partial charge in [-0.3, -0.25) is 4.90 Å². The number of imidazole rings is 2. The van der Waals surface area contributed by atoms with Crippen molar-refractivity contribution in [2.75, 3.05) is 13.1 Å². The lowest BCUT2D eigenvalue weighted by Crippen LogP contribution is -2.41. The number of piperidine rings is 1. The van der Waals surface area contributed by atoms with E-state index in [1.54, 1.807) is 6.20 Å². The molecule has 1 fully saturated rings. The van der Waals surface area contributed by atoms with Crippen LogP contribution >= 0.6 is 0 Å². The zero-order chi connectivity index (χ0) is 28.8. The summed E-state index contributed by atoms with van der Waals surface area (Å²) in [6.07, 6.45) is 9.12. The molecule has 0 amide bonds. The van der Waals surface area contributed by atoms with Crippen molar-refractivity contribution in [1.29, 1.82) is 0 Å². The first-order chi connectivity index (χ1) is 20.4. The second-order valence-corrected chi connectivity index (χ2v) is 11.5. The molecule has 1 N–H and O–H groups in total. The molecule has 0 unspecified atom stereocenters. The zero-order valence-electron chi connectivity index (χ0n) is 24.2. The third-order valence-electron chi connectivity index (χ3n) is 8.42. The van der Waals surface area contributed by atoms with Crippen LogP contribution in [-0.2, 0) is 13.1 Å². The first kappa shape index (κ1) is 26.4. The van der Waals surface area contributed by atoms with E-state index in [1.807, 2.05) is 53.8 Å². The van der Waals surface area contributed by atoms with E-state index < -0.39 is 5.60 Å². The highest BCUT2D eigenvalue weighted by Gasteiger charge is 2.27. The minimum Gasteiger partial charge on any atom is -0.390 e. The van der Waals surface area contributed by atoms with Crippen LogP contribution in [0.5, 0.6) is 0 Å². The fourth-order valence-electron chi connectivity index (χ4n) is 5.78. The number of likely N-dealkylation sites (tertiary alicyclic amines) is 1. The topological polar surface area (TPSA) is 97.3 Å². The van der Waals surface area contributed by atoms with Gasteiger partial charge in [0.15, 0.2) is 11.3 Å². The van der Waals surface area contributed by atoms with Crippen molar-refractivity contribution < 1.29 is 5.11 Å². The van der Waals surface area contributed by atoms with E-state index in [9.17, 15) is 5.11 Å². The Balaban J connectivity index is 1.17. The monoisotopic (exact) mass is 558 g/mol. The van der Waals surface area contributed by atoms with E-state index in [0.717, 1.165) is 89.5 Å². The molecule has 0 atom stereocenters. The van der Waals surface area contributed by atoms with Gasteiger partial charge in [0.1, 0.15) is 5.69 Å². The number of aliphatic hydroxyl groups is 1. The molecule has 6 aromatic rings. The average molecular weight is 559 g/mol. The summed E-state index contributed by atoms with van der Waals surface area (Å²) in [6, 6.07) is 16.9. The van der Waals surface area contributed by atoms with Gasteiger partial charge in [-0.1, -0.05) is 24.3 Å². The summed E-state index contributed by atoms with van der Waals surface area (Å²) in [7, 11) is 0. The van der Waals surface area contributed by atoms with Gasteiger partial charge in [-0.05, 0) is 69.0 Å². The van der Waals surface area contributed by atoms with Gasteiger partial charge >= 0.3 is 0 Å². The Morgan fingerprint density at radius 3 is 2.50 bits per heavy atom. The number of aromatic nitrogens is 7. The molecule has 0 radical (unpaired) electrons. The number of hydrogen-bond donors (Lipinski definition) is 1. The first-order valence-electron chi connectivity index (χ1n) is 14.5. The van der Waals surface area contributed by atoms with E-state index in [-0.39, 0.29) is 0 Å². The average Bonchev–Trinajstić information content (AvgIpc) is 3.65. The fourth-order valence-corrected chi connectivity index (χ4v) is 5.78. The maximum Gasteiger partial charge on any atom is 0.160 e. The van der Waals surface area contributed by atoms with Crippen LogP contribution in [0.1, 0.15) is 37.9 Å². The number of nitrogens with zero attached hydrogens (tertiary/aromatic N) is 8. The van der Waals surface area contributed by atoms with Crippen LogP contribution in [0, 0.1) is 6.92 Å². The molecule has 1 saturated heterocycles. The molecule has 0 saturated carbocycles. The minimum atomic E-state index is -0.527. The maximum absolute atomic E-state index is 10.2. The molecule has 212 valence electrons. The molecule has 5 aromatic heterocycles. The van der Waals surface area contributed by atoms with Crippen LogP contribution in [-0.4, -0.2) is 62.8 Å². The summed E-state index contributed by atoms with van der Waals surface area (Å²) < 4.78 is 3.94. The normalized spacial score (nSPS) is 15.5. The smallest absolute Gasteiger partial charge is 0.160 e. The summed E-state index contributed by atoms with van der Waals surface area (Å²) in [4.78, 5) is 21.0. The molecular weight excluding hydrogens is 524 g/mol. The van der Waals surface area contributed by atoms with Crippen molar-refractivity contribution in [3.63, 3.8) is 0 Å². The van der Waals surface area contributed by atoms with Crippen LogP contribution < -0.4 is 0 Å². The summed E-state index contributed by atoms with van der Waals surface area (Å²) in [5.41, 5.74) is 8.82. The van der Waals surface area contributed by atoms with Crippen molar-refractivity contribution in [2.24, 2.45) is 0 Å². The van der Waals surface area contributed by atoms with Gasteiger partial charge in [0.2, 0.25) is 0 Å². The van der Waals surface area contributed by atoms with E-state index in [4.69, 9.17) is 15.1 Å². The third kappa shape index (κ3) is 4.95. The van der Waals surface area contributed by atoms with Crippen molar-refractivity contribution in [3.8, 4) is 33.8 Å². The predicted octanol–water partition coefficient (Wildman–Crippen LogP) is 5.55. The Morgan fingerprint density at radius 2 is 1.74 bits per heavy atom. The number of pyridine rings is 2. The first-order valence-corrected chi connectivity index (χ1v) is 14.5. The molecule has 0 aliphatic carbocycles. The van der Waals surface area contributed by atoms with Gasteiger partial charge in [0.05, 0.1) is 35.2 Å². The Kier molecular flexibility index (Phi) is 6.56. The number of rotatable bonds is 6. The predicted molar refractivity (Wildman–Crippen MR) is 164 cm³/mol. The zero-order valence-corrected chi connectivity index (χ0v) is 24.2. The molecule has 0 bridgehead atoms. The van der Waals surface area contributed by atoms with Crippen LogP contribution in [0.15, 0.2) is 73.4 Å². The molecule has 42 heavy (non-hydrogen) atoms. The second kappa shape index (κ2) is 10.4. The lowest BCUT2D eigenvalue weighted by atomic mass is 9.93. The summed E-state index contributed by atoms with van der Waals surface area (Å²) in [5, 5.41) is 16.2. The number of aryl methyl sites for hydroxylation is 2. The SMILES string of the molecule is CCn1cnc(-c2ccc3c(-c4cnc5cc(-c6ccc(CN7CCC(C)(O)CC7)cc6)c(C)nn45)ccnc3n2)c1. The van der Waals surface area contributed by atoms with Crippen LogP contribution in [0.2, 0.25) is 0 Å². The van der Waals surface area contributed by atoms with Gasteiger partial charge in [0.25, 0.3) is 0 Å². The Labute approximate surface area is 244 Å². The number of benzene rings is 1. The van der Waals surface area contributed by atoms with Crippen molar-refractivity contribution in [2.45, 2.75) is 52.3 Å². The van der Waals surface area contributed by atoms with Crippen LogP contribution in [0.4, 0.5) is 0 Å². The molecular formula is C33H34N8O. The maximum atomic E-state index is 10.2. The Bertz CT molecular complexity index is 1890. The summed E-state index contributed by atoms with van der Waals surface area (Å²) >= 11 is 0. The minimum absolute atomic E-state index is 0.527. The third-order valence-corrected chi connectivity index (χ3v) is 8.42. The van der Waals surface area contributed by atoms with Gasteiger partial charge in [-0.25, -0.2) is 24.5 Å². The molecule has 1 aliphatic rings. The molecule has 0 spiro atoms. The van der Waals surface area contributed by atoms with Crippen LogP contribution in [0.25, 0.3) is 50.5 Å². The van der Waals surface area contributed by atoms with Crippen LogP contribution in [0.3, 0.4) is 0 Å². The van der Waals surface area contributed by atoms with Gasteiger partial charge in [0, 0.05) is 55.1 Å². The molecule has 7 rings (SSSR count). The van der Waals surface area contributed by atoms with E-state index in [1.165, 1.54) is 5.56 Å². The standard InChI is InChI=1S/C33H34N8O/c1-4-39-20-29(36-21-39)28-10-9-26-25(11-14-34-32(26)37-28)30-18-35-31-17-27(22(2)38-41(30)31)24-7-5-23(6-8-24)19-40-15-12-33(3,42)13-16-40/h5-11,14,17-18,20-21,42H,4,12-13,15-16,19H2,1-3H3. The number of fused-ring (bicyclic) bond motifs is 2. The molecule has 9 heteroatoms. The van der Waals surface area contributed by atoms with Crippen molar-refractivity contribution in [3.05, 3.63) is 84.7 Å². The van der Waals surface area contributed by atoms with Gasteiger partial charge in [-0.15, -0.1) is 0 Å². The molecule has 1 aliphatic heterocycles. The second-order valence-electron chi connectivity index (χ2n) is 11.5. The summed E-state index contributed by atoms with van der Waals surface area (Å²) in [6.45, 7) is 9.67. The largest absolute Gasteiger partial charge is 0.390 e. The van der Waals surface area contributed by atoms with Crippen molar-refractivity contribution in [1.82, 2.24) is 39.0 Å². The highest BCUT2D eigenvalue weighted by Crippen LogP contribution is 2.31. The molecule has 9 nitrogen and oxygen atoms in total. The Hall–Kier alpha value is -4.47. The molecule has 6 heterocycles. The highest BCUT2D eigenvalue weighted by atomic mass is 16.3. The van der Waals surface area contributed by atoms with E-state index in [2.05, 4.69) is 58.2 Å². The Morgan fingerprint density at radius 1 is 0.929 bits per heavy atom. The van der Waals surface area contributed by atoms with Crippen molar-refractivity contribution >= 4 is 16.7 Å². The quantitative estimate of drug-likeness (QED) is 0.286. The van der Waals surface area contributed by atoms with E-state index in [0.29, 0.717) is 5.65 Å². The summed E-state index contributed by atoms with van der Waals surface area (Å²) in [5.74, 6) is 0. The van der Waals surface area contributed by atoms with Gasteiger partial charge in [-0.2, -0.15) is 5.10 Å².